The van der Waals surface area contributed by atoms with Gasteiger partial charge in [0.1, 0.15) is 12.4 Å². The Balaban J connectivity index is 3.16. The Morgan fingerprint density at radius 3 is 2.46 bits per heavy atom. The minimum Gasteiger partial charge on any atom is -0.390 e. The summed E-state index contributed by atoms with van der Waals surface area (Å²) in [4.78, 5) is 0. The van der Waals surface area contributed by atoms with Crippen molar-refractivity contribution in [3.63, 3.8) is 0 Å². The number of benzene rings is 1. The average molecular weight is 255 g/mol. The van der Waals surface area contributed by atoms with Gasteiger partial charge < -0.3 is 5.11 Å². The van der Waals surface area contributed by atoms with E-state index in [1.54, 1.807) is 0 Å². The van der Waals surface area contributed by atoms with Gasteiger partial charge in [-0.25, -0.2) is 4.39 Å². The number of rotatable bonds is 2. The molecular formula is C8H6BrF3O. The summed E-state index contributed by atoms with van der Waals surface area (Å²) in [6.45, 7) is -1.40. The molecule has 13 heavy (non-hydrogen) atoms. The minimum absolute atomic E-state index is 0.377. The largest absolute Gasteiger partial charge is 0.390 e. The van der Waals surface area contributed by atoms with Gasteiger partial charge in [0.05, 0.1) is 5.56 Å². The van der Waals surface area contributed by atoms with Crippen LogP contribution in [0.25, 0.3) is 0 Å². The van der Waals surface area contributed by atoms with E-state index in [-0.39, 0.29) is 0 Å². The molecule has 0 amide bonds. The quantitative estimate of drug-likeness (QED) is 0.861. The SMILES string of the molecule is OCC(F)(F)c1ccc(Br)cc1F. The Bertz CT molecular complexity index is 314. The maximum absolute atomic E-state index is 12.9. The molecule has 5 heteroatoms. The van der Waals surface area contributed by atoms with Crippen LogP contribution in [0.15, 0.2) is 22.7 Å². The summed E-state index contributed by atoms with van der Waals surface area (Å²) < 4.78 is 38.8. The zero-order valence-corrected chi connectivity index (χ0v) is 7.98. The Morgan fingerprint density at radius 2 is 2.00 bits per heavy atom. The van der Waals surface area contributed by atoms with E-state index in [1.807, 2.05) is 0 Å². The van der Waals surface area contributed by atoms with E-state index in [9.17, 15) is 13.2 Å². The molecule has 0 aliphatic carbocycles. The van der Waals surface area contributed by atoms with Crippen LogP contribution in [0, 0.1) is 5.82 Å². The number of halogens is 4. The Labute approximate surface area is 81.3 Å². The first kappa shape index (κ1) is 10.5. The molecule has 0 atom stereocenters. The number of aliphatic hydroxyl groups is 1. The molecule has 1 nitrogen and oxygen atoms in total. The molecule has 72 valence electrons. The lowest BCUT2D eigenvalue weighted by molar-refractivity contribution is -0.0582. The highest BCUT2D eigenvalue weighted by Gasteiger charge is 2.33. The van der Waals surface area contributed by atoms with Crippen molar-refractivity contribution in [1.29, 1.82) is 0 Å². The van der Waals surface area contributed by atoms with Crippen LogP contribution in [0.5, 0.6) is 0 Å². The van der Waals surface area contributed by atoms with Gasteiger partial charge in [-0.1, -0.05) is 15.9 Å². The Hall–Kier alpha value is -0.550. The van der Waals surface area contributed by atoms with Crippen molar-refractivity contribution in [2.45, 2.75) is 5.92 Å². The van der Waals surface area contributed by atoms with E-state index in [4.69, 9.17) is 5.11 Å². The summed E-state index contributed by atoms with van der Waals surface area (Å²) in [7, 11) is 0. The Morgan fingerprint density at radius 1 is 1.38 bits per heavy atom. The van der Waals surface area contributed by atoms with Gasteiger partial charge in [0.2, 0.25) is 0 Å². The standard InChI is InChI=1S/C8H6BrF3O/c9-5-1-2-6(7(10)3-5)8(11,12)4-13/h1-3,13H,4H2. The highest BCUT2D eigenvalue weighted by molar-refractivity contribution is 9.10. The van der Waals surface area contributed by atoms with Crippen molar-refractivity contribution in [2.24, 2.45) is 0 Å². The van der Waals surface area contributed by atoms with E-state index < -0.39 is 23.9 Å². The molecule has 0 fully saturated rings. The van der Waals surface area contributed by atoms with Crippen molar-refractivity contribution in [1.82, 2.24) is 0 Å². The van der Waals surface area contributed by atoms with E-state index >= 15 is 0 Å². The van der Waals surface area contributed by atoms with Crippen LogP contribution in [0.4, 0.5) is 13.2 Å². The lowest BCUT2D eigenvalue weighted by Crippen LogP contribution is -2.20. The third-order valence-corrected chi connectivity index (χ3v) is 2.02. The van der Waals surface area contributed by atoms with Gasteiger partial charge in [-0.15, -0.1) is 0 Å². The number of hydrogen-bond acceptors (Lipinski definition) is 1. The number of alkyl halides is 2. The molecule has 0 radical (unpaired) electrons. The summed E-state index contributed by atoms with van der Waals surface area (Å²) >= 11 is 2.94. The van der Waals surface area contributed by atoms with Crippen LogP contribution >= 0.6 is 15.9 Å². The lowest BCUT2D eigenvalue weighted by Gasteiger charge is -2.14. The van der Waals surface area contributed by atoms with Crippen LogP contribution in [0.3, 0.4) is 0 Å². The topological polar surface area (TPSA) is 20.2 Å². The smallest absolute Gasteiger partial charge is 0.298 e. The normalized spacial score (nSPS) is 11.8. The van der Waals surface area contributed by atoms with Crippen molar-refractivity contribution in [3.05, 3.63) is 34.1 Å². The summed E-state index contributed by atoms with van der Waals surface area (Å²) in [5, 5.41) is 8.31. The van der Waals surface area contributed by atoms with Gasteiger partial charge in [-0.2, -0.15) is 8.78 Å². The molecule has 0 unspecified atom stereocenters. The first-order valence-electron chi connectivity index (χ1n) is 3.41. The predicted molar refractivity (Wildman–Crippen MR) is 45.1 cm³/mol. The number of aliphatic hydroxyl groups excluding tert-OH is 1. The molecule has 0 saturated heterocycles. The molecule has 0 bridgehead atoms. The molecule has 1 rings (SSSR count). The summed E-state index contributed by atoms with van der Waals surface area (Å²) in [5.41, 5.74) is -0.793. The number of hydrogen-bond donors (Lipinski definition) is 1. The van der Waals surface area contributed by atoms with Gasteiger partial charge in [0.15, 0.2) is 0 Å². The predicted octanol–water partition coefficient (Wildman–Crippen LogP) is 2.67. The molecule has 0 saturated carbocycles. The third kappa shape index (κ3) is 2.22. The highest BCUT2D eigenvalue weighted by Crippen LogP contribution is 2.30. The van der Waals surface area contributed by atoms with Gasteiger partial charge >= 0.3 is 0 Å². The summed E-state index contributed by atoms with van der Waals surface area (Å²) in [5.74, 6) is -4.56. The second-order valence-electron chi connectivity index (χ2n) is 2.49. The van der Waals surface area contributed by atoms with E-state index in [0.29, 0.717) is 4.47 Å². The average Bonchev–Trinajstić information content (AvgIpc) is 2.03. The highest BCUT2D eigenvalue weighted by atomic mass is 79.9. The van der Waals surface area contributed by atoms with Crippen molar-refractivity contribution in [2.75, 3.05) is 6.61 Å². The molecule has 0 aliphatic heterocycles. The fourth-order valence-corrected chi connectivity index (χ4v) is 1.20. The van der Waals surface area contributed by atoms with Crippen molar-refractivity contribution in [3.8, 4) is 0 Å². The Kier molecular flexibility index (Phi) is 2.98. The zero-order valence-electron chi connectivity index (χ0n) is 6.40. The molecule has 0 spiro atoms. The van der Waals surface area contributed by atoms with E-state index in [0.717, 1.165) is 12.1 Å². The van der Waals surface area contributed by atoms with Crippen LogP contribution in [0.1, 0.15) is 5.56 Å². The summed E-state index contributed by atoms with van der Waals surface area (Å²) in [6.07, 6.45) is 0. The van der Waals surface area contributed by atoms with Gasteiger partial charge in [0, 0.05) is 4.47 Å². The molecule has 0 aromatic heterocycles. The van der Waals surface area contributed by atoms with Crippen molar-refractivity contribution < 1.29 is 18.3 Å². The molecule has 1 N–H and O–H groups in total. The van der Waals surface area contributed by atoms with Gasteiger partial charge in [-0.3, -0.25) is 0 Å². The van der Waals surface area contributed by atoms with Crippen molar-refractivity contribution >= 4 is 15.9 Å². The van der Waals surface area contributed by atoms with Crippen LogP contribution in [0.2, 0.25) is 0 Å². The first-order valence-corrected chi connectivity index (χ1v) is 4.21. The molecule has 1 aromatic carbocycles. The third-order valence-electron chi connectivity index (χ3n) is 1.52. The first-order chi connectivity index (χ1) is 5.97. The molecule has 0 heterocycles. The van der Waals surface area contributed by atoms with Crippen LogP contribution < -0.4 is 0 Å². The van der Waals surface area contributed by atoms with E-state index in [2.05, 4.69) is 15.9 Å². The maximum Gasteiger partial charge on any atom is 0.298 e. The monoisotopic (exact) mass is 254 g/mol. The fourth-order valence-electron chi connectivity index (χ4n) is 0.871. The lowest BCUT2D eigenvalue weighted by atomic mass is 10.1. The van der Waals surface area contributed by atoms with Crippen LogP contribution in [-0.2, 0) is 5.92 Å². The minimum atomic E-state index is -3.52. The second kappa shape index (κ2) is 3.67. The fraction of sp³-hybridized carbons (Fsp3) is 0.250. The molecular weight excluding hydrogens is 249 g/mol. The summed E-state index contributed by atoms with van der Waals surface area (Å²) in [6, 6.07) is 3.16. The van der Waals surface area contributed by atoms with Crippen LogP contribution in [-0.4, -0.2) is 11.7 Å². The van der Waals surface area contributed by atoms with Gasteiger partial charge in [0.25, 0.3) is 5.92 Å². The zero-order chi connectivity index (χ0) is 10.1. The second-order valence-corrected chi connectivity index (χ2v) is 3.40. The molecule has 1 aromatic rings. The molecule has 0 aliphatic rings. The van der Waals surface area contributed by atoms with Gasteiger partial charge in [-0.05, 0) is 18.2 Å². The van der Waals surface area contributed by atoms with E-state index in [1.165, 1.54) is 6.07 Å². The maximum atomic E-state index is 12.9.